The minimum Gasteiger partial charge on any atom is -0.370 e. The van der Waals surface area contributed by atoms with Gasteiger partial charge in [0.25, 0.3) is 0 Å². The first-order valence-electron chi connectivity index (χ1n) is 7.69. The van der Waals surface area contributed by atoms with E-state index < -0.39 is 9.84 Å². The highest BCUT2D eigenvalue weighted by Crippen LogP contribution is 2.27. The first kappa shape index (κ1) is 18.0. The maximum Gasteiger partial charge on any atom is 0.180 e. The molecule has 0 aliphatic heterocycles. The zero-order chi connectivity index (χ0) is 15.9. The van der Waals surface area contributed by atoms with Crippen LogP contribution in [0.2, 0.25) is 0 Å². The van der Waals surface area contributed by atoms with Crippen molar-refractivity contribution in [1.29, 1.82) is 0 Å². The van der Waals surface area contributed by atoms with Crippen molar-refractivity contribution in [1.82, 2.24) is 0 Å². The summed E-state index contributed by atoms with van der Waals surface area (Å²) in [5, 5.41) is 0. The molecule has 4 nitrogen and oxygen atoms in total. The maximum absolute atomic E-state index is 12.5. The fourth-order valence-electron chi connectivity index (χ4n) is 2.39. The lowest BCUT2D eigenvalue weighted by Crippen LogP contribution is -2.31. The van der Waals surface area contributed by atoms with Gasteiger partial charge in [-0.25, -0.2) is 8.42 Å². The summed E-state index contributed by atoms with van der Waals surface area (Å²) in [5.41, 5.74) is 6.43. The van der Waals surface area contributed by atoms with Gasteiger partial charge in [-0.1, -0.05) is 32.9 Å². The first-order valence-corrected chi connectivity index (χ1v) is 9.34. The minimum absolute atomic E-state index is 0.191. The molecule has 0 aliphatic rings. The van der Waals surface area contributed by atoms with Gasteiger partial charge in [0.05, 0.1) is 16.3 Å². The highest BCUT2D eigenvalue weighted by molar-refractivity contribution is 7.91. The molecule has 2 N–H and O–H groups in total. The Morgan fingerprint density at radius 1 is 1.24 bits per heavy atom. The summed E-state index contributed by atoms with van der Waals surface area (Å²) in [6.45, 7) is 8.39. The zero-order valence-electron chi connectivity index (χ0n) is 13.4. The number of benzene rings is 1. The average Bonchev–Trinajstić information content (AvgIpc) is 2.43. The van der Waals surface area contributed by atoms with Crippen LogP contribution in [0.3, 0.4) is 0 Å². The minimum atomic E-state index is -3.22. The Bertz CT molecular complexity index is 527. The zero-order valence-corrected chi connectivity index (χ0v) is 14.2. The monoisotopic (exact) mass is 312 g/mol. The van der Waals surface area contributed by atoms with Crippen LogP contribution < -0.4 is 10.6 Å². The molecule has 0 radical (unpaired) electrons. The summed E-state index contributed by atoms with van der Waals surface area (Å²) < 4.78 is 24.9. The molecule has 1 rings (SSSR count). The number of nitrogens with two attached hydrogens (primary N) is 1. The van der Waals surface area contributed by atoms with Crippen LogP contribution in [0.5, 0.6) is 0 Å². The molecule has 5 heteroatoms. The van der Waals surface area contributed by atoms with E-state index in [0.29, 0.717) is 23.8 Å². The van der Waals surface area contributed by atoms with Gasteiger partial charge in [0.2, 0.25) is 0 Å². The highest BCUT2D eigenvalue weighted by atomic mass is 32.2. The summed E-state index contributed by atoms with van der Waals surface area (Å²) in [4.78, 5) is 2.60. The molecule has 21 heavy (non-hydrogen) atoms. The molecule has 0 unspecified atom stereocenters. The Hall–Kier alpha value is -1.07. The average molecular weight is 312 g/mol. The molecular weight excluding hydrogens is 284 g/mol. The van der Waals surface area contributed by atoms with E-state index in [9.17, 15) is 8.42 Å². The molecule has 0 fully saturated rings. The lowest BCUT2D eigenvalue weighted by Gasteiger charge is -2.28. The van der Waals surface area contributed by atoms with E-state index in [1.807, 2.05) is 19.1 Å². The van der Waals surface area contributed by atoms with Gasteiger partial charge in [-0.05, 0) is 37.4 Å². The third-order valence-corrected chi connectivity index (χ3v) is 5.19. The molecule has 0 saturated heterocycles. The number of hydrogen-bond donors (Lipinski definition) is 1. The number of hydrogen-bond acceptors (Lipinski definition) is 4. The molecule has 0 aliphatic carbocycles. The van der Waals surface area contributed by atoms with Crippen molar-refractivity contribution in [3.63, 3.8) is 0 Å². The van der Waals surface area contributed by atoms with Gasteiger partial charge in [-0.15, -0.1) is 0 Å². The van der Waals surface area contributed by atoms with Gasteiger partial charge in [0.15, 0.2) is 9.84 Å². The Balaban J connectivity index is 3.18. The summed E-state index contributed by atoms with van der Waals surface area (Å²) >= 11 is 0. The topological polar surface area (TPSA) is 63.4 Å². The summed E-state index contributed by atoms with van der Waals surface area (Å²) in [5.74, 6) is 0.654. The number of nitrogens with zero attached hydrogens (tertiary/aromatic N) is 1. The van der Waals surface area contributed by atoms with Crippen molar-refractivity contribution < 1.29 is 8.42 Å². The summed E-state index contributed by atoms with van der Waals surface area (Å²) in [6.07, 6.45) is 1.48. The van der Waals surface area contributed by atoms with Gasteiger partial charge in [-0.2, -0.15) is 0 Å². The standard InChI is InChI=1S/C16H28N2O2S/c1-4-12-21(19,20)16-9-6-5-8-15(16)18(11-7-10-17)13-14(2)3/h5-6,8-9,14H,4,7,10-13,17H2,1-3H3. The molecule has 1 aromatic carbocycles. The van der Waals surface area contributed by atoms with Gasteiger partial charge in [-0.3, -0.25) is 0 Å². The predicted octanol–water partition coefficient (Wildman–Crippen LogP) is 2.68. The van der Waals surface area contributed by atoms with Gasteiger partial charge in [0.1, 0.15) is 0 Å². The van der Waals surface area contributed by atoms with Crippen molar-refractivity contribution in [3.05, 3.63) is 24.3 Å². The Morgan fingerprint density at radius 3 is 2.48 bits per heavy atom. The molecule has 0 saturated carbocycles. The van der Waals surface area contributed by atoms with E-state index in [0.717, 1.165) is 25.2 Å². The third-order valence-electron chi connectivity index (χ3n) is 3.23. The molecule has 0 heterocycles. The van der Waals surface area contributed by atoms with Crippen LogP contribution in [-0.4, -0.2) is 33.8 Å². The number of sulfone groups is 1. The van der Waals surface area contributed by atoms with Gasteiger partial charge >= 0.3 is 0 Å². The first-order chi connectivity index (χ1) is 9.92. The second kappa shape index (κ2) is 8.39. The fraction of sp³-hybridized carbons (Fsp3) is 0.625. The van der Waals surface area contributed by atoms with Gasteiger partial charge in [0, 0.05) is 13.1 Å². The van der Waals surface area contributed by atoms with Crippen LogP contribution in [-0.2, 0) is 9.84 Å². The van der Waals surface area contributed by atoms with Crippen LogP contribution in [0, 0.1) is 5.92 Å². The van der Waals surface area contributed by atoms with Crippen LogP contribution in [0.4, 0.5) is 5.69 Å². The molecule has 0 amide bonds. The second-order valence-electron chi connectivity index (χ2n) is 5.77. The molecule has 0 spiro atoms. The Labute approximate surface area is 129 Å². The van der Waals surface area contributed by atoms with Crippen molar-refractivity contribution in [2.24, 2.45) is 11.7 Å². The van der Waals surface area contributed by atoms with E-state index in [4.69, 9.17) is 5.73 Å². The second-order valence-corrected chi connectivity index (χ2v) is 7.85. The number of anilines is 1. The van der Waals surface area contributed by atoms with Gasteiger partial charge < -0.3 is 10.6 Å². The van der Waals surface area contributed by atoms with Crippen molar-refractivity contribution in [2.45, 2.75) is 38.5 Å². The third kappa shape index (κ3) is 5.32. The SMILES string of the molecule is CCCS(=O)(=O)c1ccccc1N(CCCN)CC(C)C. The van der Waals surface area contributed by atoms with E-state index in [-0.39, 0.29) is 5.75 Å². The van der Waals surface area contributed by atoms with E-state index in [2.05, 4.69) is 18.7 Å². The van der Waals surface area contributed by atoms with Crippen LogP contribution in [0.15, 0.2) is 29.2 Å². The van der Waals surface area contributed by atoms with Crippen LogP contribution >= 0.6 is 0 Å². The molecular formula is C16H28N2O2S. The largest absolute Gasteiger partial charge is 0.370 e. The van der Waals surface area contributed by atoms with Crippen LogP contribution in [0.1, 0.15) is 33.6 Å². The normalized spacial score (nSPS) is 11.9. The Kier molecular flexibility index (Phi) is 7.18. The quantitative estimate of drug-likeness (QED) is 0.761. The molecule has 0 atom stereocenters. The highest BCUT2D eigenvalue weighted by Gasteiger charge is 2.21. The Morgan fingerprint density at radius 2 is 1.90 bits per heavy atom. The van der Waals surface area contributed by atoms with E-state index in [1.54, 1.807) is 12.1 Å². The number of para-hydroxylation sites is 1. The van der Waals surface area contributed by atoms with Crippen LogP contribution in [0.25, 0.3) is 0 Å². The lowest BCUT2D eigenvalue weighted by atomic mass is 10.1. The van der Waals surface area contributed by atoms with Crippen molar-refractivity contribution in [2.75, 3.05) is 30.3 Å². The molecule has 1 aromatic rings. The smallest absolute Gasteiger partial charge is 0.180 e. The predicted molar refractivity (Wildman–Crippen MR) is 89.5 cm³/mol. The maximum atomic E-state index is 12.5. The summed E-state index contributed by atoms with van der Waals surface area (Å²) in [7, 11) is -3.22. The molecule has 0 bridgehead atoms. The van der Waals surface area contributed by atoms with Crippen molar-refractivity contribution >= 4 is 15.5 Å². The number of rotatable bonds is 9. The molecule has 120 valence electrons. The lowest BCUT2D eigenvalue weighted by molar-refractivity contribution is 0.585. The van der Waals surface area contributed by atoms with E-state index >= 15 is 0 Å². The fourth-order valence-corrected chi connectivity index (χ4v) is 3.95. The van der Waals surface area contributed by atoms with E-state index in [1.165, 1.54) is 0 Å². The molecule has 0 aromatic heterocycles. The summed E-state index contributed by atoms with van der Waals surface area (Å²) in [6, 6.07) is 7.32. The van der Waals surface area contributed by atoms with Crippen molar-refractivity contribution in [3.8, 4) is 0 Å².